The van der Waals surface area contributed by atoms with Gasteiger partial charge in [-0.1, -0.05) is 47.1 Å². The number of hydrogen-bond acceptors (Lipinski definition) is 5. The number of aryl methyl sites for hydroxylation is 3. The molecular weight excluding hydrogens is 468 g/mol. The Hall–Kier alpha value is -3.16. The summed E-state index contributed by atoms with van der Waals surface area (Å²) < 4.78 is 1.52. The number of anilines is 1. The monoisotopic (exact) mass is 490 g/mol. The topological polar surface area (TPSA) is 76.9 Å². The Labute approximate surface area is 206 Å². The third kappa shape index (κ3) is 4.72. The van der Waals surface area contributed by atoms with Gasteiger partial charge in [0.1, 0.15) is 0 Å². The van der Waals surface area contributed by atoms with Crippen molar-refractivity contribution in [3.05, 3.63) is 86.8 Å². The molecule has 1 amide bonds. The number of halogens is 1. The molecule has 6 nitrogen and oxygen atoms in total. The molecule has 1 N–H and O–H groups in total. The molecule has 8 heteroatoms. The number of nitrogens with one attached hydrogen (secondary N) is 1. The van der Waals surface area contributed by atoms with Crippen LogP contribution in [0.15, 0.2) is 64.5 Å². The largest absolute Gasteiger partial charge is 0.325 e. The van der Waals surface area contributed by atoms with Gasteiger partial charge in [0, 0.05) is 16.4 Å². The molecule has 2 aromatic carbocycles. The number of carbonyl (C=O) groups excluding carboxylic acids is 1. The van der Waals surface area contributed by atoms with Crippen LogP contribution in [0.2, 0.25) is 5.02 Å². The van der Waals surface area contributed by atoms with Crippen LogP contribution in [0.25, 0.3) is 16.7 Å². The summed E-state index contributed by atoms with van der Waals surface area (Å²) in [5, 5.41) is 4.29. The smallest absolute Gasteiger partial charge is 0.268 e. The number of nitrogens with zero attached hydrogens (tertiary/aromatic N) is 3. The van der Waals surface area contributed by atoms with Crippen LogP contribution in [-0.4, -0.2) is 26.2 Å². The Balaban J connectivity index is 1.53. The number of amides is 1. The van der Waals surface area contributed by atoms with E-state index in [1.54, 1.807) is 18.2 Å². The summed E-state index contributed by atoms with van der Waals surface area (Å²) in [4.78, 5) is 35.7. The van der Waals surface area contributed by atoms with Gasteiger partial charge in [-0.2, -0.15) is 0 Å². The van der Waals surface area contributed by atoms with Crippen molar-refractivity contribution in [2.24, 2.45) is 0 Å². The minimum Gasteiger partial charge on any atom is -0.325 e. The van der Waals surface area contributed by atoms with Gasteiger partial charge in [0.05, 0.1) is 16.8 Å². The summed E-state index contributed by atoms with van der Waals surface area (Å²) in [7, 11) is 0. The summed E-state index contributed by atoms with van der Waals surface area (Å²) in [6.45, 7) is 1.99. The maximum absolute atomic E-state index is 13.6. The number of benzene rings is 2. The van der Waals surface area contributed by atoms with Gasteiger partial charge in [-0.15, -0.1) is 0 Å². The van der Waals surface area contributed by atoms with E-state index < -0.39 is 0 Å². The molecule has 0 bridgehead atoms. The fourth-order valence-electron chi connectivity index (χ4n) is 4.12. The van der Waals surface area contributed by atoms with Gasteiger partial charge in [-0.05, 0) is 74.6 Å². The maximum atomic E-state index is 13.6. The van der Waals surface area contributed by atoms with Crippen molar-refractivity contribution in [2.75, 3.05) is 11.1 Å². The lowest BCUT2D eigenvalue weighted by molar-refractivity contribution is -0.113. The average molecular weight is 491 g/mol. The van der Waals surface area contributed by atoms with Crippen LogP contribution in [0, 0.1) is 6.92 Å². The Morgan fingerprint density at radius 1 is 1.09 bits per heavy atom. The van der Waals surface area contributed by atoms with E-state index in [4.69, 9.17) is 21.6 Å². The highest BCUT2D eigenvalue weighted by Crippen LogP contribution is 2.26. The summed E-state index contributed by atoms with van der Waals surface area (Å²) in [6, 6.07) is 16.6. The average Bonchev–Trinajstić information content (AvgIpc) is 2.83. The summed E-state index contributed by atoms with van der Waals surface area (Å²) >= 11 is 7.42. The quantitative estimate of drug-likeness (QED) is 0.301. The fourth-order valence-corrected chi connectivity index (χ4v) is 5.10. The van der Waals surface area contributed by atoms with E-state index in [0.29, 0.717) is 26.9 Å². The van der Waals surface area contributed by atoms with E-state index in [-0.39, 0.29) is 17.2 Å². The predicted molar refractivity (Wildman–Crippen MR) is 137 cm³/mol. The third-order valence-corrected chi connectivity index (χ3v) is 7.01. The molecular formula is C26H23ClN4O2S. The van der Waals surface area contributed by atoms with Crippen LogP contribution < -0.4 is 10.9 Å². The second-order valence-electron chi connectivity index (χ2n) is 8.39. The van der Waals surface area contributed by atoms with Gasteiger partial charge in [0.25, 0.3) is 5.56 Å². The van der Waals surface area contributed by atoms with Crippen LogP contribution in [0.5, 0.6) is 0 Å². The van der Waals surface area contributed by atoms with Crippen molar-refractivity contribution in [3.8, 4) is 5.69 Å². The molecule has 0 radical (unpaired) electrons. The van der Waals surface area contributed by atoms with Gasteiger partial charge in [0.15, 0.2) is 10.8 Å². The molecule has 0 fully saturated rings. The first kappa shape index (κ1) is 22.6. The van der Waals surface area contributed by atoms with Crippen molar-refractivity contribution in [3.63, 3.8) is 0 Å². The molecule has 0 spiro atoms. The van der Waals surface area contributed by atoms with Gasteiger partial charge in [0.2, 0.25) is 5.91 Å². The van der Waals surface area contributed by atoms with E-state index in [2.05, 4.69) is 5.32 Å². The first-order valence-corrected chi connectivity index (χ1v) is 12.5. The van der Waals surface area contributed by atoms with E-state index >= 15 is 0 Å². The van der Waals surface area contributed by atoms with Crippen LogP contribution >= 0.6 is 23.4 Å². The zero-order valence-corrected chi connectivity index (χ0v) is 20.2. The maximum Gasteiger partial charge on any atom is 0.268 e. The van der Waals surface area contributed by atoms with E-state index in [1.807, 2.05) is 43.3 Å². The SMILES string of the molecule is Cc1ccc(NC(=O)CSc2nc3nc4c(cc3c(=O)n2-c2cccc(Cl)c2)CCCC4)cc1. The van der Waals surface area contributed by atoms with E-state index in [1.165, 1.54) is 16.3 Å². The molecule has 0 saturated carbocycles. The summed E-state index contributed by atoms with van der Waals surface area (Å²) in [5.74, 6) is -0.0867. The highest BCUT2D eigenvalue weighted by atomic mass is 35.5. The molecule has 34 heavy (non-hydrogen) atoms. The molecule has 2 aromatic heterocycles. The Kier molecular flexibility index (Phi) is 6.39. The van der Waals surface area contributed by atoms with Gasteiger partial charge in [-0.3, -0.25) is 14.2 Å². The van der Waals surface area contributed by atoms with Crippen LogP contribution in [0.1, 0.15) is 29.7 Å². The lowest BCUT2D eigenvalue weighted by Gasteiger charge is -2.17. The normalized spacial score (nSPS) is 13.0. The standard InChI is InChI=1S/C26H23ClN4O2S/c1-16-9-11-19(12-10-16)28-23(32)15-34-26-30-24-21(13-17-5-2-3-8-22(17)29-24)25(33)31(26)20-7-4-6-18(27)14-20/h4,6-7,9-14H,2-3,5,8,15H2,1H3,(H,28,32). The molecule has 2 heterocycles. The van der Waals surface area contributed by atoms with Gasteiger partial charge in [-0.25, -0.2) is 9.97 Å². The number of rotatable bonds is 5. The minimum atomic E-state index is -0.213. The van der Waals surface area contributed by atoms with Crippen molar-refractivity contribution in [1.82, 2.24) is 14.5 Å². The molecule has 0 unspecified atom stereocenters. The molecule has 0 atom stereocenters. The second kappa shape index (κ2) is 9.60. The number of fused-ring (bicyclic) bond motifs is 2. The molecule has 4 aromatic rings. The lowest BCUT2D eigenvalue weighted by atomic mass is 9.95. The minimum absolute atomic E-state index is 0.0946. The highest BCUT2D eigenvalue weighted by molar-refractivity contribution is 7.99. The van der Waals surface area contributed by atoms with Crippen molar-refractivity contribution >= 4 is 46.0 Å². The second-order valence-corrected chi connectivity index (χ2v) is 9.77. The lowest BCUT2D eigenvalue weighted by Crippen LogP contribution is -2.24. The zero-order chi connectivity index (χ0) is 23.7. The van der Waals surface area contributed by atoms with Gasteiger partial charge < -0.3 is 5.32 Å². The fraction of sp³-hybridized carbons (Fsp3) is 0.231. The number of carbonyl (C=O) groups is 1. The number of pyridine rings is 1. The molecule has 1 aliphatic rings. The molecule has 0 saturated heterocycles. The van der Waals surface area contributed by atoms with Gasteiger partial charge >= 0.3 is 0 Å². The van der Waals surface area contributed by atoms with Crippen LogP contribution in [0.3, 0.4) is 0 Å². The zero-order valence-electron chi connectivity index (χ0n) is 18.7. The van der Waals surface area contributed by atoms with Crippen molar-refractivity contribution in [2.45, 2.75) is 37.8 Å². The Morgan fingerprint density at radius 3 is 2.68 bits per heavy atom. The van der Waals surface area contributed by atoms with Crippen LogP contribution in [-0.2, 0) is 17.6 Å². The number of hydrogen-bond donors (Lipinski definition) is 1. The molecule has 172 valence electrons. The predicted octanol–water partition coefficient (Wildman–Crippen LogP) is 5.35. The summed E-state index contributed by atoms with van der Waals surface area (Å²) in [6.07, 6.45) is 4.00. The summed E-state index contributed by atoms with van der Waals surface area (Å²) in [5.41, 5.74) is 4.79. The Morgan fingerprint density at radius 2 is 1.88 bits per heavy atom. The van der Waals surface area contributed by atoms with E-state index in [0.717, 1.165) is 48.2 Å². The molecule has 1 aliphatic carbocycles. The highest BCUT2D eigenvalue weighted by Gasteiger charge is 2.19. The molecule has 5 rings (SSSR count). The van der Waals surface area contributed by atoms with Crippen molar-refractivity contribution in [1.29, 1.82) is 0 Å². The van der Waals surface area contributed by atoms with E-state index in [9.17, 15) is 9.59 Å². The molecule has 0 aliphatic heterocycles. The first-order valence-electron chi connectivity index (χ1n) is 11.2. The van der Waals surface area contributed by atoms with Crippen molar-refractivity contribution < 1.29 is 4.79 Å². The first-order chi connectivity index (χ1) is 16.5. The number of aromatic nitrogens is 3. The third-order valence-electron chi connectivity index (χ3n) is 5.84. The Bertz CT molecular complexity index is 1450. The number of thioether (sulfide) groups is 1. The van der Waals surface area contributed by atoms with Crippen LogP contribution in [0.4, 0.5) is 5.69 Å².